The van der Waals surface area contributed by atoms with Crippen LogP contribution in [0.1, 0.15) is 21.5 Å². The van der Waals surface area contributed by atoms with Gasteiger partial charge in [-0.1, -0.05) is 169 Å². The predicted molar refractivity (Wildman–Crippen MR) is 226 cm³/mol. The Bertz CT molecular complexity index is 2340. The Morgan fingerprint density at radius 1 is 0.509 bits per heavy atom. The zero-order valence-corrected chi connectivity index (χ0v) is 31.5. The van der Waals surface area contributed by atoms with Crippen molar-refractivity contribution in [3.8, 4) is 5.75 Å². The number of hydrogen-bond donors (Lipinski definition) is 0. The van der Waals surface area contributed by atoms with Gasteiger partial charge in [0.05, 0.1) is 26.9 Å². The number of aryl methyl sites for hydroxylation is 1. The fraction of sp³-hybridized carbons (Fsp3) is 0.0426. The first kappa shape index (κ1) is 35.6. The van der Waals surface area contributed by atoms with Gasteiger partial charge in [0.1, 0.15) is 5.75 Å². The van der Waals surface area contributed by atoms with Crippen molar-refractivity contribution < 1.29 is 9.53 Å². The Labute approximate surface area is 312 Å². The molecule has 260 valence electrons. The lowest BCUT2D eigenvalue weighted by Crippen LogP contribution is -2.20. The van der Waals surface area contributed by atoms with Gasteiger partial charge in [-0.2, -0.15) is 0 Å². The minimum absolute atomic E-state index is 0.259. The summed E-state index contributed by atoms with van der Waals surface area (Å²) < 4.78 is 16.8. The monoisotopic (exact) mass is 726 g/mol. The number of carbonyl (C=O) groups excluding carboxylic acids is 1. The van der Waals surface area contributed by atoms with Crippen LogP contribution in [0.5, 0.6) is 5.75 Å². The molecule has 0 aliphatic carbocycles. The van der Waals surface area contributed by atoms with Crippen molar-refractivity contribution in [2.45, 2.75) is 6.92 Å². The van der Waals surface area contributed by atoms with Gasteiger partial charge in [0.15, 0.2) is 0 Å². The van der Waals surface area contributed by atoms with Crippen LogP contribution < -0.4 is 26.0 Å². The van der Waals surface area contributed by atoms with Gasteiger partial charge in [0.25, 0.3) is 5.91 Å². The molecular weight excluding hydrogens is 686 g/mol. The smallest absolute Gasteiger partial charge is 0.276 e. The van der Waals surface area contributed by atoms with Crippen LogP contribution in [0.15, 0.2) is 215 Å². The van der Waals surface area contributed by atoms with Crippen LogP contribution in [0.2, 0.25) is 0 Å². The van der Waals surface area contributed by atoms with Gasteiger partial charge in [-0.15, -0.1) is 0 Å². The van der Waals surface area contributed by atoms with E-state index >= 15 is 0 Å². The zero-order chi connectivity index (χ0) is 36.5. The fourth-order valence-corrected chi connectivity index (χ4v) is 14.1. The molecule has 7 aromatic carbocycles. The van der Waals surface area contributed by atoms with Gasteiger partial charge < -0.3 is 4.74 Å². The Morgan fingerprint density at radius 3 is 1.40 bits per heavy atom. The predicted octanol–water partition coefficient (Wildman–Crippen LogP) is 11.2. The minimum Gasteiger partial charge on any atom is -0.497 e. The van der Waals surface area contributed by atoms with Crippen LogP contribution >= 0.6 is 14.1 Å². The molecule has 0 saturated heterocycles. The summed E-state index contributed by atoms with van der Waals surface area (Å²) in [6.07, 6.45) is 0. The van der Waals surface area contributed by atoms with Crippen molar-refractivity contribution in [1.29, 1.82) is 0 Å². The van der Waals surface area contributed by atoms with Crippen LogP contribution in [0.3, 0.4) is 0 Å². The summed E-state index contributed by atoms with van der Waals surface area (Å²) >= 11 is 0. The van der Waals surface area contributed by atoms with Gasteiger partial charge in [-0.05, 0) is 54.7 Å². The normalized spacial score (nSPS) is 11.8. The van der Waals surface area contributed by atoms with Crippen LogP contribution in [0.4, 0.5) is 5.69 Å². The first-order valence-corrected chi connectivity index (χ1v) is 21.1. The molecule has 1 amide bonds. The maximum absolute atomic E-state index is 14.6. The van der Waals surface area contributed by atoms with E-state index in [1.807, 2.05) is 110 Å². The number of amides is 1. The van der Waals surface area contributed by atoms with E-state index in [1.54, 1.807) is 7.11 Å². The molecule has 0 aromatic heterocycles. The summed E-state index contributed by atoms with van der Waals surface area (Å²) in [5.74, 6) is 2.84. The van der Waals surface area contributed by atoms with E-state index in [9.17, 15) is 4.79 Å². The molecule has 0 atom stereocenters. The second-order valence-corrected chi connectivity index (χ2v) is 18.5. The van der Waals surface area contributed by atoms with E-state index < -0.39 is 14.1 Å². The number of ether oxygens (including phenoxy) is 1. The van der Waals surface area contributed by atoms with E-state index in [0.717, 1.165) is 49.1 Å². The summed E-state index contributed by atoms with van der Waals surface area (Å²) in [5.41, 5.74) is 3.47. The Kier molecular flexibility index (Phi) is 10.9. The van der Waals surface area contributed by atoms with E-state index in [2.05, 4.69) is 103 Å². The molecule has 0 heterocycles. The molecule has 0 N–H and O–H groups in total. The van der Waals surface area contributed by atoms with Gasteiger partial charge >= 0.3 is 0 Å². The van der Waals surface area contributed by atoms with Crippen molar-refractivity contribution >= 4 is 52.2 Å². The second kappa shape index (κ2) is 16.3. The standard InChI is InChI=1S/C47H40N2O2P2/c1-37-28-30-39(31-29-37)47(50)49-52(42-20-10-4-11-21-42,43-22-12-5-13-23-43)36-46(38-18-8-3-9-19-38)53(44-24-14-6-15-25-44,45-26-16-7-17-27-45)48-40-32-34-41(51-2)35-33-40/h3-36H,1-2H3/b46-36+. The van der Waals surface area contributed by atoms with Gasteiger partial charge in [0.2, 0.25) is 0 Å². The highest BCUT2D eigenvalue weighted by Crippen LogP contribution is 2.65. The molecule has 7 aromatic rings. The van der Waals surface area contributed by atoms with Gasteiger partial charge in [-0.3, -0.25) is 9.54 Å². The summed E-state index contributed by atoms with van der Waals surface area (Å²) in [6, 6.07) is 67.9. The maximum atomic E-state index is 14.6. The molecule has 0 aliphatic rings. The van der Waals surface area contributed by atoms with Gasteiger partial charge in [0, 0.05) is 32.1 Å². The molecule has 4 nitrogen and oxygen atoms in total. The Balaban J connectivity index is 1.71. The molecule has 0 spiro atoms. The lowest BCUT2D eigenvalue weighted by atomic mass is 10.1. The van der Waals surface area contributed by atoms with Crippen molar-refractivity contribution in [1.82, 2.24) is 0 Å². The molecule has 7 rings (SSSR count). The number of carbonyl (C=O) groups is 1. The van der Waals surface area contributed by atoms with Crippen LogP contribution in [0.25, 0.3) is 5.31 Å². The quantitative estimate of drug-likeness (QED) is 0.132. The first-order chi connectivity index (χ1) is 26.0. The molecule has 0 radical (unpaired) electrons. The number of rotatable bonds is 10. The van der Waals surface area contributed by atoms with E-state index in [1.165, 1.54) is 0 Å². The number of nitrogens with zero attached hydrogens (tertiary/aromatic N) is 2. The maximum Gasteiger partial charge on any atom is 0.276 e. The largest absolute Gasteiger partial charge is 0.497 e. The summed E-state index contributed by atoms with van der Waals surface area (Å²) in [5, 5.41) is 5.14. The molecule has 53 heavy (non-hydrogen) atoms. The summed E-state index contributed by atoms with van der Waals surface area (Å²) in [7, 11) is -4.31. The molecule has 0 fully saturated rings. The highest BCUT2D eigenvalue weighted by Gasteiger charge is 2.35. The highest BCUT2D eigenvalue weighted by molar-refractivity contribution is 7.92. The molecule has 0 aliphatic heterocycles. The summed E-state index contributed by atoms with van der Waals surface area (Å²) in [6.45, 7) is 2.02. The average molecular weight is 727 g/mol. The molecule has 0 bridgehead atoms. The van der Waals surface area contributed by atoms with Crippen molar-refractivity contribution in [3.63, 3.8) is 0 Å². The lowest BCUT2D eigenvalue weighted by molar-refractivity contribution is 0.100. The molecule has 0 saturated carbocycles. The van der Waals surface area contributed by atoms with Crippen molar-refractivity contribution in [2.24, 2.45) is 9.49 Å². The number of benzene rings is 7. The van der Waals surface area contributed by atoms with Crippen molar-refractivity contribution in [3.05, 3.63) is 223 Å². The first-order valence-electron chi connectivity index (χ1n) is 17.5. The Hall–Kier alpha value is -5.79. The average Bonchev–Trinajstić information content (AvgIpc) is 3.23. The highest BCUT2D eigenvalue weighted by atomic mass is 31.2. The minimum atomic E-state index is -3.05. The summed E-state index contributed by atoms with van der Waals surface area (Å²) in [4.78, 5) is 14.6. The molecule has 0 unspecified atom stereocenters. The fourth-order valence-electron chi connectivity index (χ4n) is 6.49. The van der Waals surface area contributed by atoms with E-state index in [-0.39, 0.29) is 5.91 Å². The third-order valence-electron chi connectivity index (χ3n) is 9.17. The van der Waals surface area contributed by atoms with E-state index in [0.29, 0.717) is 5.56 Å². The van der Waals surface area contributed by atoms with Crippen LogP contribution in [-0.2, 0) is 0 Å². The number of hydrogen-bond acceptors (Lipinski definition) is 3. The third kappa shape index (κ3) is 7.57. The third-order valence-corrected chi connectivity index (χ3v) is 16.4. The van der Waals surface area contributed by atoms with Crippen LogP contribution in [-0.4, -0.2) is 13.0 Å². The van der Waals surface area contributed by atoms with Crippen molar-refractivity contribution in [2.75, 3.05) is 7.11 Å². The Morgan fingerprint density at radius 2 is 0.943 bits per heavy atom. The molecular formula is C47H40N2O2P2. The zero-order valence-electron chi connectivity index (χ0n) is 29.7. The SMILES string of the molecule is COc1ccc(N=P(/C(=C/P(=NC(=O)c2ccc(C)cc2)(c2ccccc2)c2ccccc2)c2ccccc2)(c2ccccc2)c2ccccc2)cc1. The topological polar surface area (TPSA) is 51.0 Å². The molecule has 6 heteroatoms. The van der Waals surface area contributed by atoms with Crippen LogP contribution in [0, 0.1) is 6.92 Å². The second-order valence-electron chi connectivity index (χ2n) is 12.6. The number of methoxy groups -OCH3 is 1. The van der Waals surface area contributed by atoms with E-state index in [4.69, 9.17) is 14.2 Å². The lowest BCUT2D eigenvalue weighted by Gasteiger charge is -2.32. The van der Waals surface area contributed by atoms with Gasteiger partial charge in [-0.25, -0.2) is 4.74 Å².